The third kappa shape index (κ3) is 7.03. The highest BCUT2D eigenvalue weighted by atomic mass is 16.3. The molecule has 0 aromatic carbocycles. The smallest absolute Gasteiger partial charge is 0.236 e. The number of hydrogen-bond donors (Lipinski definition) is 4. The standard InChI is InChI=1S/C30H54N2O4/c1-22(2)20-24(29(35)16-10-6-11-17-29)31-26(33)28(14-8-5-9-15-28)27(34)32-25(21-23(3)4)30(36)18-12-7-13-19-30/h22-25,35-36H,5-21H2,1-4H3,(H,31,33)(H,32,34)/t24-,25-/m1/s1. The van der Waals surface area contributed by atoms with Crippen LogP contribution < -0.4 is 10.6 Å². The van der Waals surface area contributed by atoms with Crippen molar-refractivity contribution in [2.45, 2.75) is 160 Å². The monoisotopic (exact) mass is 506 g/mol. The quantitative estimate of drug-likeness (QED) is 0.299. The van der Waals surface area contributed by atoms with Gasteiger partial charge >= 0.3 is 0 Å². The summed E-state index contributed by atoms with van der Waals surface area (Å²) in [4.78, 5) is 28.1. The van der Waals surface area contributed by atoms with Crippen LogP contribution in [-0.4, -0.2) is 45.3 Å². The van der Waals surface area contributed by atoms with Gasteiger partial charge in [-0.05, 0) is 63.2 Å². The van der Waals surface area contributed by atoms with E-state index in [1.54, 1.807) is 0 Å². The number of rotatable bonds is 10. The first-order chi connectivity index (χ1) is 17.0. The predicted molar refractivity (Wildman–Crippen MR) is 144 cm³/mol. The van der Waals surface area contributed by atoms with Crippen molar-refractivity contribution in [3.05, 3.63) is 0 Å². The molecule has 6 nitrogen and oxygen atoms in total. The minimum atomic E-state index is -1.13. The van der Waals surface area contributed by atoms with Crippen LogP contribution in [-0.2, 0) is 9.59 Å². The van der Waals surface area contributed by atoms with Crippen molar-refractivity contribution in [2.24, 2.45) is 17.3 Å². The van der Waals surface area contributed by atoms with E-state index in [9.17, 15) is 19.8 Å². The van der Waals surface area contributed by atoms with Gasteiger partial charge in [-0.25, -0.2) is 0 Å². The average molecular weight is 507 g/mol. The Bertz CT molecular complexity index is 662. The molecule has 0 saturated heterocycles. The highest BCUT2D eigenvalue weighted by Gasteiger charge is 2.51. The second-order valence-corrected chi connectivity index (χ2v) is 13.3. The van der Waals surface area contributed by atoms with E-state index in [1.165, 1.54) is 0 Å². The van der Waals surface area contributed by atoms with Gasteiger partial charge in [0.05, 0.1) is 23.3 Å². The zero-order valence-electron chi connectivity index (χ0n) is 23.5. The summed E-state index contributed by atoms with van der Waals surface area (Å²) in [6.45, 7) is 8.48. The molecular formula is C30H54N2O4. The third-order valence-electron chi connectivity index (χ3n) is 9.34. The van der Waals surface area contributed by atoms with Crippen molar-refractivity contribution in [1.82, 2.24) is 10.6 Å². The summed E-state index contributed by atoms with van der Waals surface area (Å²) in [5.41, 5.74) is -2.93. The molecule has 0 spiro atoms. The van der Waals surface area contributed by atoms with Gasteiger partial charge in [-0.2, -0.15) is 0 Å². The van der Waals surface area contributed by atoms with Crippen LogP contribution in [0.15, 0.2) is 0 Å². The van der Waals surface area contributed by atoms with E-state index >= 15 is 0 Å². The Balaban J connectivity index is 1.84. The van der Waals surface area contributed by atoms with Crippen LogP contribution >= 0.6 is 0 Å². The number of carbonyl (C=O) groups excluding carboxylic acids is 2. The van der Waals surface area contributed by atoms with Crippen molar-refractivity contribution >= 4 is 11.8 Å². The third-order valence-corrected chi connectivity index (χ3v) is 9.34. The maximum atomic E-state index is 14.1. The first-order valence-electron chi connectivity index (χ1n) is 15.1. The van der Waals surface area contributed by atoms with Gasteiger partial charge in [-0.3, -0.25) is 9.59 Å². The highest BCUT2D eigenvalue weighted by molar-refractivity contribution is 6.05. The Labute approximate surface area is 219 Å². The molecule has 3 fully saturated rings. The summed E-state index contributed by atoms with van der Waals surface area (Å²) in [5, 5.41) is 29.6. The molecule has 3 saturated carbocycles. The fraction of sp³-hybridized carbons (Fsp3) is 0.933. The van der Waals surface area contributed by atoms with E-state index < -0.39 is 16.6 Å². The largest absolute Gasteiger partial charge is 0.388 e. The van der Waals surface area contributed by atoms with Crippen LogP contribution in [0, 0.1) is 17.3 Å². The normalized spacial score (nSPS) is 25.2. The van der Waals surface area contributed by atoms with Gasteiger partial charge in [-0.1, -0.05) is 85.5 Å². The maximum Gasteiger partial charge on any atom is 0.236 e. The molecule has 0 unspecified atom stereocenters. The van der Waals surface area contributed by atoms with Crippen molar-refractivity contribution < 1.29 is 19.8 Å². The van der Waals surface area contributed by atoms with Crippen LogP contribution in [0.2, 0.25) is 0 Å². The van der Waals surface area contributed by atoms with E-state index in [-0.39, 0.29) is 23.9 Å². The molecule has 0 aromatic heterocycles. The van der Waals surface area contributed by atoms with Gasteiger partial charge < -0.3 is 20.8 Å². The van der Waals surface area contributed by atoms with Crippen LogP contribution in [0.4, 0.5) is 0 Å². The topological polar surface area (TPSA) is 98.7 Å². The molecule has 0 bridgehead atoms. The number of amides is 2. The number of nitrogens with one attached hydrogen (secondary N) is 2. The fourth-order valence-corrected chi connectivity index (χ4v) is 7.10. The Morgan fingerprint density at radius 2 is 0.889 bits per heavy atom. The SMILES string of the molecule is CC(C)C[C@@H](NC(=O)C1(C(=O)N[C@H](CC(C)C)C2(O)CCCCC2)CCCCC1)C1(O)CCCCC1. The summed E-state index contributed by atoms with van der Waals surface area (Å²) in [5.74, 6) is 0.216. The Kier molecular flexibility index (Phi) is 10.3. The molecule has 3 rings (SSSR count). The van der Waals surface area contributed by atoms with Crippen LogP contribution in [0.3, 0.4) is 0 Å². The molecule has 0 radical (unpaired) electrons. The predicted octanol–water partition coefficient (Wildman–Crippen LogP) is 5.39. The number of carbonyl (C=O) groups is 2. The van der Waals surface area contributed by atoms with Crippen molar-refractivity contribution in [1.29, 1.82) is 0 Å². The van der Waals surface area contributed by atoms with Gasteiger partial charge in [0.1, 0.15) is 5.41 Å². The molecular weight excluding hydrogens is 452 g/mol. The Hall–Kier alpha value is -1.14. The molecule has 0 aliphatic heterocycles. The first-order valence-corrected chi connectivity index (χ1v) is 15.1. The molecule has 6 heteroatoms. The Morgan fingerprint density at radius 3 is 1.19 bits per heavy atom. The van der Waals surface area contributed by atoms with Gasteiger partial charge in [0.2, 0.25) is 11.8 Å². The van der Waals surface area contributed by atoms with E-state index in [0.29, 0.717) is 63.2 Å². The van der Waals surface area contributed by atoms with Gasteiger partial charge in [0, 0.05) is 0 Å². The maximum absolute atomic E-state index is 14.1. The van der Waals surface area contributed by atoms with Crippen molar-refractivity contribution in [3.8, 4) is 0 Å². The molecule has 0 heterocycles. The van der Waals surface area contributed by atoms with Gasteiger partial charge in [0.25, 0.3) is 0 Å². The molecule has 3 aliphatic carbocycles. The molecule has 2 atom stereocenters. The zero-order chi connectivity index (χ0) is 26.4. The minimum absolute atomic E-state index is 0.219. The summed E-state index contributed by atoms with van der Waals surface area (Å²) in [6.07, 6.45) is 14.1. The lowest BCUT2D eigenvalue weighted by Crippen LogP contribution is -2.63. The lowest BCUT2D eigenvalue weighted by atomic mass is 9.70. The van der Waals surface area contributed by atoms with Crippen molar-refractivity contribution in [2.75, 3.05) is 0 Å². The molecule has 36 heavy (non-hydrogen) atoms. The lowest BCUT2D eigenvalue weighted by Gasteiger charge is -2.45. The van der Waals surface area contributed by atoms with Crippen molar-refractivity contribution in [3.63, 3.8) is 0 Å². The van der Waals surface area contributed by atoms with Crippen LogP contribution in [0.25, 0.3) is 0 Å². The van der Waals surface area contributed by atoms with E-state index in [4.69, 9.17) is 0 Å². The fourth-order valence-electron chi connectivity index (χ4n) is 7.10. The molecule has 4 N–H and O–H groups in total. The second kappa shape index (κ2) is 12.6. The van der Waals surface area contributed by atoms with Crippen LogP contribution in [0.1, 0.15) is 137 Å². The van der Waals surface area contributed by atoms with E-state index in [2.05, 4.69) is 38.3 Å². The number of aliphatic hydroxyl groups is 2. The highest BCUT2D eigenvalue weighted by Crippen LogP contribution is 2.40. The lowest BCUT2D eigenvalue weighted by molar-refractivity contribution is -0.150. The summed E-state index contributed by atoms with van der Waals surface area (Å²) < 4.78 is 0. The Morgan fingerprint density at radius 1 is 0.583 bits per heavy atom. The minimum Gasteiger partial charge on any atom is -0.388 e. The molecule has 3 aliphatic rings. The zero-order valence-corrected chi connectivity index (χ0v) is 23.5. The second-order valence-electron chi connectivity index (χ2n) is 13.3. The summed E-state index contributed by atoms with van der Waals surface area (Å²) in [7, 11) is 0. The molecule has 2 amide bonds. The molecule has 208 valence electrons. The first kappa shape index (κ1) is 29.4. The molecule has 0 aromatic rings. The van der Waals surface area contributed by atoms with Crippen LogP contribution in [0.5, 0.6) is 0 Å². The average Bonchev–Trinajstić information content (AvgIpc) is 2.84. The van der Waals surface area contributed by atoms with Gasteiger partial charge in [-0.15, -0.1) is 0 Å². The summed E-state index contributed by atoms with van der Waals surface area (Å²) >= 11 is 0. The summed E-state index contributed by atoms with van der Waals surface area (Å²) in [6, 6.07) is -0.684. The van der Waals surface area contributed by atoms with E-state index in [1.807, 2.05) is 0 Å². The number of hydrogen-bond acceptors (Lipinski definition) is 4. The van der Waals surface area contributed by atoms with E-state index in [0.717, 1.165) is 57.8 Å². The van der Waals surface area contributed by atoms with Gasteiger partial charge in [0.15, 0.2) is 0 Å².